The summed E-state index contributed by atoms with van der Waals surface area (Å²) in [6.07, 6.45) is 3.79. The van der Waals surface area contributed by atoms with Crippen molar-refractivity contribution in [1.82, 2.24) is 0 Å². The molecule has 2 fully saturated rings. The number of quaternary nitrogens is 1. The number of benzene rings is 1. The van der Waals surface area contributed by atoms with Gasteiger partial charge in [0.15, 0.2) is 0 Å². The first-order valence-corrected chi connectivity index (χ1v) is 9.45. The third-order valence-electron chi connectivity index (χ3n) is 5.62. The van der Waals surface area contributed by atoms with Crippen LogP contribution in [0.3, 0.4) is 0 Å². The lowest BCUT2D eigenvalue weighted by Gasteiger charge is -2.29. The molecule has 4 rings (SSSR count). The summed E-state index contributed by atoms with van der Waals surface area (Å²) in [5, 5.41) is 1.06. The fourth-order valence-electron chi connectivity index (χ4n) is 4.02. The van der Waals surface area contributed by atoms with Gasteiger partial charge in [0.1, 0.15) is 25.2 Å². The van der Waals surface area contributed by atoms with Gasteiger partial charge in [0.2, 0.25) is 0 Å². The topological polar surface area (TPSA) is 47.1 Å². The minimum atomic E-state index is -0.181. The molecule has 1 aromatic heterocycles. The molecular weight excluding hydrogens is 316 g/mol. The average molecular weight is 343 g/mol. The largest absolute Gasteiger partial charge is 0.422 e. The molecule has 2 aliphatic heterocycles. The molecule has 1 aromatic carbocycles. The monoisotopic (exact) mass is 343 g/mol. The summed E-state index contributed by atoms with van der Waals surface area (Å²) in [5.74, 6) is 0. The van der Waals surface area contributed by atoms with E-state index >= 15 is 0 Å². The summed E-state index contributed by atoms with van der Waals surface area (Å²) in [5.41, 5.74) is 3.58. The van der Waals surface area contributed by atoms with Crippen LogP contribution in [0.4, 0.5) is 5.69 Å². The minimum absolute atomic E-state index is 0.181. The molecule has 0 bridgehead atoms. The van der Waals surface area contributed by atoms with E-state index in [9.17, 15) is 4.79 Å². The van der Waals surface area contributed by atoms with Crippen LogP contribution in [0, 0.1) is 6.92 Å². The van der Waals surface area contributed by atoms with Gasteiger partial charge in [0.05, 0.1) is 18.8 Å². The van der Waals surface area contributed by atoms with Crippen molar-refractivity contribution in [2.24, 2.45) is 0 Å². The maximum absolute atomic E-state index is 12.6. The summed E-state index contributed by atoms with van der Waals surface area (Å²) < 4.78 is 11.1. The Labute approximate surface area is 148 Å². The van der Waals surface area contributed by atoms with Gasteiger partial charge in [-0.05, 0) is 43.9 Å². The van der Waals surface area contributed by atoms with Crippen LogP contribution in [0.15, 0.2) is 27.4 Å². The smallest absolute Gasteiger partial charge is 0.345 e. The maximum atomic E-state index is 12.6. The molecule has 2 saturated heterocycles. The first-order valence-electron chi connectivity index (χ1n) is 9.45. The van der Waals surface area contributed by atoms with Gasteiger partial charge in [-0.25, -0.2) is 4.79 Å². The highest BCUT2D eigenvalue weighted by Crippen LogP contribution is 2.26. The number of piperidine rings is 1. The van der Waals surface area contributed by atoms with Crippen molar-refractivity contribution in [3.05, 3.63) is 39.7 Å². The van der Waals surface area contributed by atoms with Crippen LogP contribution in [0.5, 0.6) is 0 Å². The molecule has 2 aromatic rings. The van der Waals surface area contributed by atoms with Gasteiger partial charge in [0, 0.05) is 30.2 Å². The molecule has 0 unspecified atom stereocenters. The molecule has 134 valence electrons. The molecule has 5 heteroatoms. The van der Waals surface area contributed by atoms with E-state index in [4.69, 9.17) is 9.15 Å². The fraction of sp³-hybridized carbons (Fsp3) is 0.550. The van der Waals surface area contributed by atoms with E-state index < -0.39 is 0 Å². The van der Waals surface area contributed by atoms with Crippen molar-refractivity contribution >= 4 is 16.7 Å². The van der Waals surface area contributed by atoms with Crippen LogP contribution in [0.25, 0.3) is 11.0 Å². The highest BCUT2D eigenvalue weighted by atomic mass is 16.5. The van der Waals surface area contributed by atoms with Crippen molar-refractivity contribution in [2.75, 3.05) is 44.3 Å². The number of hydrogen-bond acceptors (Lipinski definition) is 4. The van der Waals surface area contributed by atoms with Gasteiger partial charge in [0.25, 0.3) is 0 Å². The highest BCUT2D eigenvalue weighted by Gasteiger charge is 2.20. The summed E-state index contributed by atoms with van der Waals surface area (Å²) in [6.45, 7) is 8.39. The van der Waals surface area contributed by atoms with E-state index in [0.29, 0.717) is 5.58 Å². The van der Waals surface area contributed by atoms with Crippen LogP contribution in [-0.4, -0.2) is 39.4 Å². The second-order valence-corrected chi connectivity index (χ2v) is 7.26. The molecule has 0 radical (unpaired) electrons. The Balaban J connectivity index is 1.66. The first kappa shape index (κ1) is 16.6. The van der Waals surface area contributed by atoms with E-state index in [-0.39, 0.29) is 5.63 Å². The lowest BCUT2D eigenvalue weighted by molar-refractivity contribution is -0.921. The minimum Gasteiger partial charge on any atom is -0.422 e. The zero-order chi connectivity index (χ0) is 17.2. The van der Waals surface area contributed by atoms with E-state index in [0.717, 1.165) is 62.5 Å². The molecule has 0 amide bonds. The predicted octanol–water partition coefficient (Wildman–Crippen LogP) is 1.51. The third-order valence-corrected chi connectivity index (χ3v) is 5.62. The molecule has 0 atom stereocenters. The maximum Gasteiger partial charge on any atom is 0.345 e. The van der Waals surface area contributed by atoms with E-state index in [1.165, 1.54) is 29.8 Å². The second-order valence-electron chi connectivity index (χ2n) is 7.26. The second kappa shape index (κ2) is 7.18. The molecule has 5 nitrogen and oxygen atoms in total. The Hall–Kier alpha value is -1.85. The van der Waals surface area contributed by atoms with Crippen LogP contribution < -0.4 is 15.4 Å². The molecular formula is C20H27N2O3+. The SMILES string of the molecule is Cc1c(C[NH+]2CCOCC2)c(=O)oc2cc(N3CCCCC3)ccc12. The van der Waals surface area contributed by atoms with Gasteiger partial charge in [-0.2, -0.15) is 0 Å². The first-order chi connectivity index (χ1) is 12.2. The standard InChI is InChI=1S/C20H26N2O3/c1-15-17-6-5-16(22-7-3-2-4-8-22)13-19(17)25-20(23)18(15)14-21-9-11-24-12-10-21/h5-6,13H,2-4,7-12,14H2,1H3/p+1. The molecule has 0 spiro atoms. The summed E-state index contributed by atoms with van der Waals surface area (Å²) in [7, 11) is 0. The van der Waals surface area contributed by atoms with Crippen LogP contribution in [0.1, 0.15) is 30.4 Å². The van der Waals surface area contributed by atoms with E-state index in [1.807, 2.05) is 6.07 Å². The van der Waals surface area contributed by atoms with Gasteiger partial charge >= 0.3 is 5.63 Å². The third kappa shape index (κ3) is 3.44. The van der Waals surface area contributed by atoms with Crippen LogP contribution in [0.2, 0.25) is 0 Å². The lowest BCUT2D eigenvalue weighted by Crippen LogP contribution is -3.13. The summed E-state index contributed by atoms with van der Waals surface area (Å²) in [6, 6.07) is 6.34. The number of ether oxygens (including phenoxy) is 1. The van der Waals surface area contributed by atoms with Gasteiger partial charge in [-0.3, -0.25) is 0 Å². The zero-order valence-electron chi connectivity index (χ0n) is 15.0. The molecule has 3 heterocycles. The van der Waals surface area contributed by atoms with Gasteiger partial charge < -0.3 is 19.0 Å². The number of nitrogens with one attached hydrogen (secondary N) is 1. The number of rotatable bonds is 3. The number of anilines is 1. The average Bonchev–Trinajstić information content (AvgIpc) is 2.66. The van der Waals surface area contributed by atoms with E-state index in [2.05, 4.69) is 24.0 Å². The van der Waals surface area contributed by atoms with Crippen molar-refractivity contribution in [3.8, 4) is 0 Å². The van der Waals surface area contributed by atoms with Gasteiger partial charge in [-0.1, -0.05) is 0 Å². The predicted molar refractivity (Wildman–Crippen MR) is 98.5 cm³/mol. The number of morpholine rings is 1. The molecule has 2 aliphatic rings. The number of fused-ring (bicyclic) bond motifs is 1. The Morgan fingerprint density at radius 1 is 1.12 bits per heavy atom. The van der Waals surface area contributed by atoms with Crippen molar-refractivity contribution in [2.45, 2.75) is 32.7 Å². The Kier molecular flexibility index (Phi) is 4.77. The van der Waals surface area contributed by atoms with Crippen LogP contribution >= 0.6 is 0 Å². The molecule has 0 saturated carbocycles. The van der Waals surface area contributed by atoms with Crippen molar-refractivity contribution < 1.29 is 14.1 Å². The highest BCUT2D eigenvalue weighted by molar-refractivity contribution is 5.84. The zero-order valence-corrected chi connectivity index (χ0v) is 15.0. The normalized spacial score (nSPS) is 19.5. The summed E-state index contributed by atoms with van der Waals surface area (Å²) >= 11 is 0. The Morgan fingerprint density at radius 3 is 2.64 bits per heavy atom. The fourth-order valence-corrected chi connectivity index (χ4v) is 4.02. The molecule has 25 heavy (non-hydrogen) atoms. The number of aryl methyl sites for hydroxylation is 1. The Morgan fingerprint density at radius 2 is 1.88 bits per heavy atom. The van der Waals surface area contributed by atoms with Crippen LogP contribution in [-0.2, 0) is 11.3 Å². The van der Waals surface area contributed by atoms with E-state index in [1.54, 1.807) is 0 Å². The number of hydrogen-bond donors (Lipinski definition) is 1. The lowest BCUT2D eigenvalue weighted by atomic mass is 10.0. The van der Waals surface area contributed by atoms with Gasteiger partial charge in [-0.15, -0.1) is 0 Å². The van der Waals surface area contributed by atoms with Crippen molar-refractivity contribution in [1.29, 1.82) is 0 Å². The molecule has 1 N–H and O–H groups in total. The Bertz CT molecular complexity index is 802. The molecule has 0 aliphatic carbocycles. The summed E-state index contributed by atoms with van der Waals surface area (Å²) in [4.78, 5) is 16.4. The quantitative estimate of drug-likeness (QED) is 0.858. The van der Waals surface area contributed by atoms with Crippen molar-refractivity contribution in [3.63, 3.8) is 0 Å². The number of nitrogens with zero attached hydrogens (tertiary/aromatic N) is 1.